The van der Waals surface area contributed by atoms with Crippen LogP contribution in [0, 0.1) is 0 Å². The highest BCUT2D eigenvalue weighted by atomic mass is 16.6. The second kappa shape index (κ2) is 7.71. The minimum atomic E-state index is -1.08. The van der Waals surface area contributed by atoms with E-state index in [0.29, 0.717) is 17.1 Å². The summed E-state index contributed by atoms with van der Waals surface area (Å²) in [4.78, 5) is 24.1. The van der Waals surface area contributed by atoms with Crippen molar-refractivity contribution in [2.24, 2.45) is 0 Å². The average Bonchev–Trinajstić information content (AvgIpc) is 2.49. The molecule has 0 fully saturated rings. The summed E-state index contributed by atoms with van der Waals surface area (Å²) < 4.78 is 20.3. The molecule has 23 heavy (non-hydrogen) atoms. The Morgan fingerprint density at radius 2 is 1.74 bits per heavy atom. The predicted molar refractivity (Wildman–Crippen MR) is 83.7 cm³/mol. The maximum Gasteiger partial charge on any atom is 0.408 e. The third kappa shape index (κ3) is 5.36. The van der Waals surface area contributed by atoms with Gasteiger partial charge in [0.15, 0.2) is 6.04 Å². The summed E-state index contributed by atoms with van der Waals surface area (Å²) in [6, 6.07) is 3.84. The number of nitrogens with one attached hydrogen (secondary N) is 1. The van der Waals surface area contributed by atoms with Gasteiger partial charge in [-0.2, -0.15) is 0 Å². The summed E-state index contributed by atoms with van der Waals surface area (Å²) in [6.07, 6.45) is -0.738. The molecule has 0 heterocycles. The highest BCUT2D eigenvalue weighted by molar-refractivity contribution is 5.83. The van der Waals surface area contributed by atoms with Crippen LogP contribution in [0.3, 0.4) is 0 Å². The normalized spacial score (nSPS) is 12.1. The first kappa shape index (κ1) is 18.6. The minimum Gasteiger partial charge on any atom is -0.497 e. The van der Waals surface area contributed by atoms with Gasteiger partial charge in [-0.3, -0.25) is 0 Å². The molecule has 0 aromatic heterocycles. The van der Waals surface area contributed by atoms with Gasteiger partial charge in [-0.25, -0.2) is 9.59 Å². The van der Waals surface area contributed by atoms with Crippen LogP contribution < -0.4 is 14.8 Å². The summed E-state index contributed by atoms with van der Waals surface area (Å²) in [6.45, 7) is 5.18. The number of benzene rings is 1. The summed E-state index contributed by atoms with van der Waals surface area (Å²) in [7, 11) is 4.20. The smallest absolute Gasteiger partial charge is 0.408 e. The molecule has 1 amide bonds. The first-order valence-electron chi connectivity index (χ1n) is 7.01. The Bertz CT molecular complexity index is 564. The molecule has 0 aliphatic carbocycles. The standard InChI is InChI=1S/C16H23NO6/c1-16(2,3)23-15(19)17-13(14(18)22-6)11-9-10(20-4)7-8-12(11)21-5/h7-9,13H,1-6H3,(H,17,19)/t13-/m1/s1. The maximum atomic E-state index is 12.1. The molecule has 1 atom stereocenters. The van der Waals surface area contributed by atoms with Crippen molar-refractivity contribution in [3.63, 3.8) is 0 Å². The fourth-order valence-electron chi connectivity index (χ4n) is 1.87. The number of esters is 1. The number of alkyl carbamates (subject to hydrolysis) is 1. The van der Waals surface area contributed by atoms with E-state index in [1.165, 1.54) is 21.3 Å². The van der Waals surface area contributed by atoms with Gasteiger partial charge in [-0.05, 0) is 39.0 Å². The van der Waals surface area contributed by atoms with Gasteiger partial charge in [-0.1, -0.05) is 0 Å². The van der Waals surface area contributed by atoms with Crippen LogP contribution in [0.4, 0.5) is 4.79 Å². The van der Waals surface area contributed by atoms with Gasteiger partial charge >= 0.3 is 12.1 Å². The number of carbonyl (C=O) groups excluding carboxylic acids is 2. The molecule has 7 heteroatoms. The topological polar surface area (TPSA) is 83.1 Å². The zero-order valence-electron chi connectivity index (χ0n) is 14.3. The molecule has 1 aromatic carbocycles. The number of amides is 1. The van der Waals surface area contributed by atoms with Gasteiger partial charge in [0.25, 0.3) is 0 Å². The summed E-state index contributed by atoms with van der Waals surface area (Å²) in [5.74, 6) is 0.278. The van der Waals surface area contributed by atoms with Crippen LogP contribution >= 0.6 is 0 Å². The van der Waals surface area contributed by atoms with E-state index in [2.05, 4.69) is 5.32 Å². The molecule has 1 aromatic rings. The average molecular weight is 325 g/mol. The molecular weight excluding hydrogens is 302 g/mol. The number of methoxy groups -OCH3 is 3. The van der Waals surface area contributed by atoms with Crippen molar-refractivity contribution in [3.8, 4) is 11.5 Å². The third-order valence-corrected chi connectivity index (χ3v) is 2.85. The van der Waals surface area contributed by atoms with Crippen molar-refractivity contribution >= 4 is 12.1 Å². The zero-order valence-corrected chi connectivity index (χ0v) is 14.3. The van der Waals surface area contributed by atoms with E-state index < -0.39 is 23.7 Å². The number of hydrogen-bond donors (Lipinski definition) is 1. The van der Waals surface area contributed by atoms with E-state index in [9.17, 15) is 9.59 Å². The third-order valence-electron chi connectivity index (χ3n) is 2.85. The lowest BCUT2D eigenvalue weighted by Gasteiger charge is -2.23. The van der Waals surface area contributed by atoms with Crippen molar-refractivity contribution in [2.45, 2.75) is 32.4 Å². The lowest BCUT2D eigenvalue weighted by atomic mass is 10.1. The van der Waals surface area contributed by atoms with E-state index >= 15 is 0 Å². The zero-order chi connectivity index (χ0) is 17.6. The van der Waals surface area contributed by atoms with Crippen molar-refractivity contribution < 1.29 is 28.5 Å². The molecular formula is C16H23NO6. The van der Waals surface area contributed by atoms with Crippen molar-refractivity contribution in [2.75, 3.05) is 21.3 Å². The van der Waals surface area contributed by atoms with Crippen LogP contribution in [0.25, 0.3) is 0 Å². The molecule has 0 radical (unpaired) electrons. The van der Waals surface area contributed by atoms with Gasteiger partial charge in [0.05, 0.1) is 21.3 Å². The van der Waals surface area contributed by atoms with Crippen molar-refractivity contribution in [1.82, 2.24) is 5.32 Å². The molecule has 0 aliphatic heterocycles. The summed E-state index contributed by atoms with van der Waals surface area (Å²) in [5.41, 5.74) is -0.284. The van der Waals surface area contributed by atoms with Crippen LogP contribution in [0.5, 0.6) is 11.5 Å². The lowest BCUT2D eigenvalue weighted by molar-refractivity contribution is -0.143. The Morgan fingerprint density at radius 3 is 2.22 bits per heavy atom. The largest absolute Gasteiger partial charge is 0.497 e. The molecule has 0 saturated heterocycles. The van der Waals surface area contributed by atoms with Crippen LogP contribution in [0.2, 0.25) is 0 Å². The van der Waals surface area contributed by atoms with Gasteiger partial charge in [-0.15, -0.1) is 0 Å². The van der Waals surface area contributed by atoms with E-state index in [1.807, 2.05) is 0 Å². The highest BCUT2D eigenvalue weighted by Gasteiger charge is 2.29. The van der Waals surface area contributed by atoms with Gasteiger partial charge in [0, 0.05) is 5.56 Å². The van der Waals surface area contributed by atoms with E-state index in [1.54, 1.807) is 39.0 Å². The highest BCUT2D eigenvalue weighted by Crippen LogP contribution is 2.30. The molecule has 0 saturated carbocycles. The summed E-state index contributed by atoms with van der Waals surface area (Å²) in [5, 5.41) is 2.50. The molecule has 0 aliphatic rings. The second-order valence-electron chi connectivity index (χ2n) is 5.71. The predicted octanol–water partition coefficient (Wildman–Crippen LogP) is 2.44. The number of carbonyl (C=O) groups is 2. The van der Waals surface area contributed by atoms with E-state index in [-0.39, 0.29) is 0 Å². The SMILES string of the molecule is COC(=O)[C@H](NC(=O)OC(C)(C)C)c1cc(OC)ccc1OC. The van der Waals surface area contributed by atoms with Gasteiger partial charge in [0.1, 0.15) is 17.1 Å². The summed E-state index contributed by atoms with van der Waals surface area (Å²) >= 11 is 0. The number of ether oxygens (including phenoxy) is 4. The number of hydrogen-bond acceptors (Lipinski definition) is 6. The Hall–Kier alpha value is -2.44. The van der Waals surface area contributed by atoms with Gasteiger partial charge < -0.3 is 24.3 Å². The maximum absolute atomic E-state index is 12.1. The fourth-order valence-corrected chi connectivity index (χ4v) is 1.87. The van der Waals surface area contributed by atoms with Gasteiger partial charge in [0.2, 0.25) is 0 Å². The Kier molecular flexibility index (Phi) is 6.24. The molecule has 7 nitrogen and oxygen atoms in total. The van der Waals surface area contributed by atoms with Crippen LogP contribution in [-0.2, 0) is 14.3 Å². The first-order chi connectivity index (χ1) is 10.7. The molecule has 1 rings (SSSR count). The first-order valence-corrected chi connectivity index (χ1v) is 7.01. The Labute approximate surface area is 135 Å². The number of rotatable bonds is 5. The van der Waals surface area contributed by atoms with Crippen molar-refractivity contribution in [1.29, 1.82) is 0 Å². The van der Waals surface area contributed by atoms with E-state index in [4.69, 9.17) is 18.9 Å². The van der Waals surface area contributed by atoms with E-state index in [0.717, 1.165) is 0 Å². The Morgan fingerprint density at radius 1 is 1.09 bits per heavy atom. The Balaban J connectivity index is 3.16. The molecule has 0 bridgehead atoms. The second-order valence-corrected chi connectivity index (χ2v) is 5.71. The minimum absolute atomic E-state index is 0.407. The van der Waals surface area contributed by atoms with Crippen LogP contribution in [0.1, 0.15) is 32.4 Å². The fraction of sp³-hybridized carbons (Fsp3) is 0.500. The van der Waals surface area contributed by atoms with Crippen LogP contribution in [-0.4, -0.2) is 39.0 Å². The quantitative estimate of drug-likeness (QED) is 0.837. The molecule has 0 spiro atoms. The van der Waals surface area contributed by atoms with Crippen molar-refractivity contribution in [3.05, 3.63) is 23.8 Å². The van der Waals surface area contributed by atoms with Crippen LogP contribution in [0.15, 0.2) is 18.2 Å². The molecule has 1 N–H and O–H groups in total. The molecule has 0 unspecified atom stereocenters. The monoisotopic (exact) mass is 325 g/mol. The lowest BCUT2D eigenvalue weighted by Crippen LogP contribution is -2.38. The molecule has 128 valence electrons.